The van der Waals surface area contributed by atoms with Crippen molar-refractivity contribution in [3.05, 3.63) is 59.6 Å². The van der Waals surface area contributed by atoms with Crippen LogP contribution in [0.1, 0.15) is 55.0 Å². The molecule has 1 aromatic carbocycles. The third-order valence-electron chi connectivity index (χ3n) is 5.86. The quantitative estimate of drug-likeness (QED) is 0.465. The topological polar surface area (TPSA) is 65.7 Å². The zero-order valence-electron chi connectivity index (χ0n) is 17.4. The molecule has 0 unspecified atom stereocenters. The number of alkyl halides is 2. The Morgan fingerprint density at radius 2 is 2.00 bits per heavy atom. The minimum atomic E-state index is -2.54. The number of imidazole rings is 1. The first-order valence-corrected chi connectivity index (χ1v) is 10.5. The number of hydrogen-bond donors (Lipinski definition) is 0. The first kappa shape index (κ1) is 19.9. The maximum atomic E-state index is 13.5. The van der Waals surface area contributed by atoms with E-state index < -0.39 is 6.43 Å². The van der Waals surface area contributed by atoms with Gasteiger partial charge in [0.05, 0.1) is 34.7 Å². The van der Waals surface area contributed by atoms with Crippen molar-refractivity contribution in [3.8, 4) is 0 Å². The van der Waals surface area contributed by atoms with Gasteiger partial charge in [-0.2, -0.15) is 0 Å². The molecule has 1 saturated heterocycles. The van der Waals surface area contributed by atoms with Crippen LogP contribution in [0.25, 0.3) is 21.9 Å². The molecule has 1 aliphatic heterocycles. The average Bonchev–Trinajstić information content (AvgIpc) is 3.13. The summed E-state index contributed by atoms with van der Waals surface area (Å²) in [6, 6.07) is 4.80. The lowest BCUT2D eigenvalue weighted by atomic mass is 10.0. The van der Waals surface area contributed by atoms with Crippen LogP contribution in [0.2, 0.25) is 0 Å². The van der Waals surface area contributed by atoms with Gasteiger partial charge in [0.25, 0.3) is 6.43 Å². The molecule has 5 rings (SSSR count). The van der Waals surface area contributed by atoms with Gasteiger partial charge in [-0.3, -0.25) is 15.0 Å². The number of rotatable bonds is 4. The molecular formula is C23H23F2N5O. The lowest BCUT2D eigenvalue weighted by molar-refractivity contribution is 0.00631. The summed E-state index contributed by atoms with van der Waals surface area (Å²) in [5, 5.41) is 0.697. The van der Waals surface area contributed by atoms with E-state index in [1.54, 1.807) is 30.7 Å². The van der Waals surface area contributed by atoms with Crippen LogP contribution in [0.5, 0.6) is 0 Å². The van der Waals surface area contributed by atoms with Gasteiger partial charge in [0.2, 0.25) is 0 Å². The van der Waals surface area contributed by atoms with Crippen molar-refractivity contribution in [2.24, 2.45) is 0 Å². The average molecular weight is 423 g/mol. The highest BCUT2D eigenvalue weighted by molar-refractivity contribution is 6.02. The largest absolute Gasteiger partial charge is 0.378 e. The van der Waals surface area contributed by atoms with Crippen molar-refractivity contribution >= 4 is 21.9 Å². The van der Waals surface area contributed by atoms with Crippen LogP contribution in [-0.2, 0) is 11.2 Å². The molecule has 0 radical (unpaired) electrons. The Labute approximate surface area is 178 Å². The van der Waals surface area contributed by atoms with E-state index in [-0.39, 0.29) is 17.7 Å². The van der Waals surface area contributed by atoms with Gasteiger partial charge in [0.1, 0.15) is 11.3 Å². The van der Waals surface area contributed by atoms with Crippen LogP contribution in [0.15, 0.2) is 36.8 Å². The predicted molar refractivity (Wildman–Crippen MR) is 113 cm³/mol. The van der Waals surface area contributed by atoms with E-state index >= 15 is 0 Å². The minimum Gasteiger partial charge on any atom is -0.378 e. The summed E-state index contributed by atoms with van der Waals surface area (Å²) in [5.74, 6) is 0.837. The second kappa shape index (κ2) is 7.92. The van der Waals surface area contributed by atoms with Crippen molar-refractivity contribution in [3.63, 3.8) is 0 Å². The van der Waals surface area contributed by atoms with Gasteiger partial charge >= 0.3 is 0 Å². The monoisotopic (exact) mass is 423 g/mol. The zero-order chi connectivity index (χ0) is 21.5. The van der Waals surface area contributed by atoms with E-state index in [1.165, 1.54) is 6.07 Å². The number of fused-ring (bicyclic) bond motifs is 3. The number of halogens is 2. The van der Waals surface area contributed by atoms with Gasteiger partial charge in [0.15, 0.2) is 0 Å². The molecule has 3 aromatic heterocycles. The predicted octanol–water partition coefficient (Wildman–Crippen LogP) is 4.95. The Hall–Kier alpha value is -3.00. The molecule has 0 spiro atoms. The molecule has 4 heterocycles. The molecule has 0 N–H and O–H groups in total. The number of ether oxygens (including phenoxy) is 1. The van der Waals surface area contributed by atoms with E-state index in [9.17, 15) is 8.78 Å². The Morgan fingerprint density at radius 3 is 2.74 bits per heavy atom. The maximum Gasteiger partial charge on any atom is 0.263 e. The molecule has 6 nitrogen and oxygen atoms in total. The second-order valence-corrected chi connectivity index (χ2v) is 8.15. The van der Waals surface area contributed by atoms with E-state index in [2.05, 4.69) is 26.4 Å². The van der Waals surface area contributed by atoms with Gasteiger partial charge in [-0.05, 0) is 38.8 Å². The fourth-order valence-corrected chi connectivity index (χ4v) is 4.38. The van der Waals surface area contributed by atoms with Gasteiger partial charge in [-0.25, -0.2) is 13.8 Å². The Balaban J connectivity index is 1.73. The molecule has 1 fully saturated rings. The summed E-state index contributed by atoms with van der Waals surface area (Å²) in [7, 11) is 0. The smallest absolute Gasteiger partial charge is 0.263 e. The highest BCUT2D eigenvalue weighted by atomic mass is 19.3. The van der Waals surface area contributed by atoms with Gasteiger partial charge in [-0.15, -0.1) is 0 Å². The second-order valence-electron chi connectivity index (χ2n) is 8.15. The molecule has 0 bridgehead atoms. The fraction of sp³-hybridized carbons (Fsp3) is 0.391. The highest BCUT2D eigenvalue weighted by Crippen LogP contribution is 2.35. The van der Waals surface area contributed by atoms with Crippen molar-refractivity contribution in [1.82, 2.24) is 24.5 Å². The van der Waals surface area contributed by atoms with Gasteiger partial charge < -0.3 is 9.30 Å². The van der Waals surface area contributed by atoms with E-state index in [0.717, 1.165) is 35.6 Å². The van der Waals surface area contributed by atoms with Gasteiger partial charge in [0, 0.05) is 42.4 Å². The number of hydrogen-bond acceptors (Lipinski definition) is 5. The van der Waals surface area contributed by atoms with Gasteiger partial charge in [-0.1, -0.05) is 6.07 Å². The molecule has 2 atom stereocenters. The molecule has 1 aliphatic rings. The number of benzene rings is 1. The number of nitrogens with zero attached hydrogens (tertiary/aromatic N) is 5. The Morgan fingerprint density at radius 1 is 1.13 bits per heavy atom. The standard InChI is InChI=1S/C23H23F2N5O/c1-13-10-27-16(11-26-13)9-21-29-20-12-28-19-4-3-15(23(24)25)8-18(19)22(20)30(21)17-5-6-31-14(2)7-17/h3-4,8,10-12,14,17,23H,5-7,9H2,1-2H3/t14-,17-/m1/s1. The third kappa shape index (κ3) is 3.76. The number of aromatic nitrogens is 5. The third-order valence-corrected chi connectivity index (χ3v) is 5.86. The lowest BCUT2D eigenvalue weighted by Gasteiger charge is -2.30. The van der Waals surface area contributed by atoms with Crippen LogP contribution in [-0.4, -0.2) is 37.2 Å². The van der Waals surface area contributed by atoms with Crippen molar-refractivity contribution in [1.29, 1.82) is 0 Å². The first-order valence-electron chi connectivity index (χ1n) is 10.5. The molecular weight excluding hydrogens is 400 g/mol. The van der Waals surface area contributed by atoms with Crippen molar-refractivity contribution in [2.75, 3.05) is 6.61 Å². The van der Waals surface area contributed by atoms with Crippen LogP contribution in [0, 0.1) is 6.92 Å². The number of aryl methyl sites for hydroxylation is 1. The Kier molecular flexibility index (Phi) is 5.09. The molecule has 31 heavy (non-hydrogen) atoms. The number of pyridine rings is 1. The summed E-state index contributed by atoms with van der Waals surface area (Å²) in [6.45, 7) is 4.61. The Bertz CT molecular complexity index is 1240. The fourth-order valence-electron chi connectivity index (χ4n) is 4.38. The summed E-state index contributed by atoms with van der Waals surface area (Å²) in [5.41, 5.74) is 3.88. The van der Waals surface area contributed by atoms with Crippen molar-refractivity contribution < 1.29 is 13.5 Å². The van der Waals surface area contributed by atoms with Crippen LogP contribution in [0.3, 0.4) is 0 Å². The summed E-state index contributed by atoms with van der Waals surface area (Å²) in [4.78, 5) is 18.2. The SMILES string of the molecule is Cc1cnc(Cc2nc3cnc4ccc(C(F)F)cc4c3n2[C@@H]2CCO[C@H](C)C2)cn1. The highest BCUT2D eigenvalue weighted by Gasteiger charge is 2.27. The van der Waals surface area contributed by atoms with Crippen LogP contribution < -0.4 is 0 Å². The van der Waals surface area contributed by atoms with Crippen LogP contribution in [0.4, 0.5) is 8.78 Å². The van der Waals surface area contributed by atoms with E-state index in [0.29, 0.717) is 29.4 Å². The summed E-state index contributed by atoms with van der Waals surface area (Å²) in [6.07, 6.45) is 4.97. The lowest BCUT2D eigenvalue weighted by Crippen LogP contribution is -2.26. The molecule has 8 heteroatoms. The normalized spacial score (nSPS) is 19.5. The maximum absolute atomic E-state index is 13.5. The van der Waals surface area contributed by atoms with Crippen molar-refractivity contribution in [2.45, 2.75) is 51.7 Å². The van der Waals surface area contributed by atoms with Crippen LogP contribution >= 0.6 is 0 Å². The molecule has 0 saturated carbocycles. The summed E-state index contributed by atoms with van der Waals surface area (Å²) < 4.78 is 34.9. The minimum absolute atomic E-state index is 0.0131. The van der Waals surface area contributed by atoms with E-state index in [1.807, 2.05) is 6.92 Å². The first-order chi connectivity index (χ1) is 15.0. The van der Waals surface area contributed by atoms with E-state index in [4.69, 9.17) is 9.72 Å². The molecule has 4 aromatic rings. The summed E-state index contributed by atoms with van der Waals surface area (Å²) >= 11 is 0. The molecule has 0 amide bonds. The molecule has 160 valence electrons. The zero-order valence-corrected chi connectivity index (χ0v) is 17.4. The molecule has 0 aliphatic carbocycles.